The van der Waals surface area contributed by atoms with Crippen LogP contribution in [0.5, 0.6) is 0 Å². The molecule has 1 saturated carbocycles. The van der Waals surface area contributed by atoms with Crippen molar-refractivity contribution >= 4 is 40.6 Å². The number of carbonyl (C=O) groups excluding carboxylic acids is 2. The first-order valence-corrected chi connectivity index (χ1v) is 15.6. The van der Waals surface area contributed by atoms with E-state index in [9.17, 15) is 9.59 Å². The minimum atomic E-state index is -0.748. The van der Waals surface area contributed by atoms with Crippen LogP contribution in [0, 0.1) is 5.92 Å². The number of aromatic nitrogens is 2. The number of ether oxygens (including phenoxy) is 2. The van der Waals surface area contributed by atoms with Crippen molar-refractivity contribution in [3.05, 3.63) is 94.4 Å². The minimum Gasteiger partial charge on any atom is -0.467 e. The Kier molecular flexibility index (Phi) is 9.33. The zero-order valence-corrected chi connectivity index (χ0v) is 25.5. The highest BCUT2D eigenvalue weighted by atomic mass is 35.5. The number of benzene rings is 2. The van der Waals surface area contributed by atoms with Crippen molar-refractivity contribution in [2.24, 2.45) is 11.0 Å². The van der Waals surface area contributed by atoms with Crippen molar-refractivity contribution in [3.8, 4) is 0 Å². The Labute approximate surface area is 262 Å². The third-order valence-electron chi connectivity index (χ3n) is 8.63. The van der Waals surface area contributed by atoms with Crippen LogP contribution >= 0.6 is 11.6 Å². The summed E-state index contributed by atoms with van der Waals surface area (Å²) in [6.45, 7) is 1.52. The summed E-state index contributed by atoms with van der Waals surface area (Å²) < 4.78 is 10.6. The lowest BCUT2D eigenvalue weighted by molar-refractivity contribution is -0.144. The maximum atomic E-state index is 14.0. The molecule has 10 heteroatoms. The number of rotatable bonds is 8. The Balaban J connectivity index is 1.40. The Bertz CT molecular complexity index is 1550. The van der Waals surface area contributed by atoms with Crippen LogP contribution < -0.4 is 10.3 Å². The van der Waals surface area contributed by atoms with Gasteiger partial charge < -0.3 is 14.8 Å². The van der Waals surface area contributed by atoms with Crippen LogP contribution in [0.3, 0.4) is 0 Å². The van der Waals surface area contributed by atoms with Gasteiger partial charge in [-0.2, -0.15) is 5.10 Å². The minimum absolute atomic E-state index is 0.0139. The van der Waals surface area contributed by atoms with Crippen LogP contribution in [0.2, 0.25) is 5.02 Å². The van der Waals surface area contributed by atoms with Gasteiger partial charge in [0.25, 0.3) is 5.91 Å². The van der Waals surface area contributed by atoms with Gasteiger partial charge in [-0.25, -0.2) is 19.8 Å². The van der Waals surface area contributed by atoms with Crippen LogP contribution in [0.15, 0.2) is 72.0 Å². The number of carbonyl (C=O) groups is 2. The van der Waals surface area contributed by atoms with Crippen LogP contribution in [0.1, 0.15) is 71.8 Å². The molecule has 2 aromatic carbocycles. The van der Waals surface area contributed by atoms with Crippen LogP contribution in [0.25, 0.3) is 5.57 Å². The summed E-state index contributed by atoms with van der Waals surface area (Å²) in [7, 11) is 1.36. The highest BCUT2D eigenvalue weighted by molar-refractivity contribution is 6.30. The van der Waals surface area contributed by atoms with Gasteiger partial charge >= 0.3 is 5.97 Å². The molecule has 1 aliphatic carbocycles. The van der Waals surface area contributed by atoms with Crippen LogP contribution in [-0.2, 0) is 14.3 Å². The van der Waals surface area contributed by atoms with E-state index in [4.69, 9.17) is 31.2 Å². The number of amides is 1. The lowest BCUT2D eigenvalue weighted by Crippen LogP contribution is -2.47. The summed E-state index contributed by atoms with van der Waals surface area (Å²) in [5.41, 5.74) is 4.08. The summed E-state index contributed by atoms with van der Waals surface area (Å²) in [4.78, 5) is 36.4. The average Bonchev–Trinajstić information content (AvgIpc) is 3.53. The number of nitrogens with one attached hydrogen (secondary N) is 1. The van der Waals surface area contributed by atoms with Crippen LogP contribution in [-0.4, -0.2) is 60.5 Å². The van der Waals surface area contributed by atoms with E-state index >= 15 is 0 Å². The largest absolute Gasteiger partial charge is 0.467 e. The number of anilines is 1. The fourth-order valence-electron chi connectivity index (χ4n) is 6.26. The van der Waals surface area contributed by atoms with Crippen molar-refractivity contribution in [3.63, 3.8) is 0 Å². The quantitative estimate of drug-likeness (QED) is 0.320. The molecular formula is C34H36ClN5O4. The van der Waals surface area contributed by atoms with E-state index in [2.05, 4.69) is 22.4 Å². The van der Waals surface area contributed by atoms with Gasteiger partial charge in [0, 0.05) is 17.1 Å². The number of hydrogen-bond donors (Lipinski definition) is 1. The molecule has 0 radical (unpaired) electrons. The summed E-state index contributed by atoms with van der Waals surface area (Å²) in [6, 6.07) is 17.0. The van der Waals surface area contributed by atoms with Gasteiger partial charge in [0.1, 0.15) is 11.6 Å². The van der Waals surface area contributed by atoms with Gasteiger partial charge in [-0.05, 0) is 54.0 Å². The smallest absolute Gasteiger partial charge is 0.328 e. The molecule has 2 atom stereocenters. The maximum absolute atomic E-state index is 14.0. The van der Waals surface area contributed by atoms with Crippen molar-refractivity contribution in [2.45, 2.75) is 50.5 Å². The Morgan fingerprint density at radius 3 is 2.55 bits per heavy atom. The molecule has 0 bridgehead atoms. The van der Waals surface area contributed by atoms with Gasteiger partial charge in [0.15, 0.2) is 11.6 Å². The molecular weight excluding hydrogens is 578 g/mol. The predicted octanol–water partition coefficient (Wildman–Crippen LogP) is 5.79. The summed E-state index contributed by atoms with van der Waals surface area (Å²) in [5.74, 6) is -0.0240. The van der Waals surface area contributed by atoms with E-state index in [1.54, 1.807) is 11.2 Å². The lowest BCUT2D eigenvalue weighted by Gasteiger charge is -2.29. The van der Waals surface area contributed by atoms with Crippen molar-refractivity contribution < 1.29 is 19.1 Å². The molecule has 6 rings (SSSR count). The van der Waals surface area contributed by atoms with E-state index in [0.29, 0.717) is 42.8 Å². The van der Waals surface area contributed by atoms with Gasteiger partial charge in [-0.15, -0.1) is 0 Å². The molecule has 44 heavy (non-hydrogen) atoms. The Morgan fingerprint density at radius 1 is 1.07 bits per heavy atom. The summed E-state index contributed by atoms with van der Waals surface area (Å²) in [6.07, 6.45) is 9.08. The second kappa shape index (κ2) is 13.7. The van der Waals surface area contributed by atoms with E-state index in [0.717, 1.165) is 54.5 Å². The monoisotopic (exact) mass is 613 g/mol. The number of halogens is 1. The van der Waals surface area contributed by atoms with Crippen molar-refractivity contribution in [1.82, 2.24) is 15.3 Å². The number of esters is 1. The van der Waals surface area contributed by atoms with Gasteiger partial charge in [-0.1, -0.05) is 79.4 Å². The first kappa shape index (κ1) is 30.0. The summed E-state index contributed by atoms with van der Waals surface area (Å²) in [5, 5.41) is 10.5. The third-order valence-corrected chi connectivity index (χ3v) is 8.88. The molecule has 0 spiro atoms. The van der Waals surface area contributed by atoms with Gasteiger partial charge in [0.2, 0.25) is 0 Å². The Morgan fingerprint density at radius 2 is 1.84 bits per heavy atom. The summed E-state index contributed by atoms with van der Waals surface area (Å²) >= 11 is 6.21. The zero-order chi connectivity index (χ0) is 30.5. The molecule has 1 aromatic heterocycles. The van der Waals surface area contributed by atoms with E-state index in [1.807, 2.05) is 48.5 Å². The van der Waals surface area contributed by atoms with E-state index in [1.165, 1.54) is 7.11 Å². The average molecular weight is 614 g/mol. The molecule has 1 N–H and O–H groups in total. The molecule has 228 valence electrons. The van der Waals surface area contributed by atoms with Gasteiger partial charge in [0.05, 0.1) is 32.6 Å². The molecule has 3 heterocycles. The van der Waals surface area contributed by atoms with Crippen molar-refractivity contribution in [2.75, 3.05) is 31.9 Å². The van der Waals surface area contributed by atoms with Crippen molar-refractivity contribution in [1.29, 1.82) is 0 Å². The maximum Gasteiger partial charge on any atom is 0.328 e. The normalized spacial score (nSPS) is 19.6. The van der Waals surface area contributed by atoms with E-state index in [-0.39, 0.29) is 17.4 Å². The first-order valence-electron chi connectivity index (χ1n) is 15.2. The molecule has 1 amide bonds. The second-order valence-electron chi connectivity index (χ2n) is 11.4. The lowest BCUT2D eigenvalue weighted by atomic mass is 9.83. The number of methoxy groups -OCH3 is 1. The topological polar surface area (TPSA) is 106 Å². The molecule has 2 aliphatic heterocycles. The number of hydrogen-bond acceptors (Lipinski definition) is 8. The predicted molar refractivity (Wildman–Crippen MR) is 170 cm³/mol. The molecule has 3 aromatic rings. The zero-order valence-electron chi connectivity index (χ0n) is 24.7. The molecule has 0 saturated heterocycles. The third kappa shape index (κ3) is 6.54. The highest BCUT2D eigenvalue weighted by Gasteiger charge is 2.36. The van der Waals surface area contributed by atoms with E-state index < -0.39 is 17.9 Å². The fourth-order valence-corrected chi connectivity index (χ4v) is 6.39. The Hall–Kier alpha value is -4.08. The van der Waals surface area contributed by atoms with Crippen LogP contribution in [0.4, 0.5) is 5.82 Å². The standard InChI is InChI=1S/C34H36ClN5O4/c1-43-34(42)30(23-10-6-3-7-11-23)37-33(41)27-20-36-31(25-16-18-44-19-17-25)38-32(27)40-21-28(22-8-4-2-5-9-22)29(39-40)24-12-14-26(35)15-13-24/h2,4-5,8-9,12-16,20,23,28,30H,3,6-7,10-11,17-19,21H2,1H3,(H,37,41)/t28?,30-/m0/s1. The molecule has 1 unspecified atom stereocenters. The fraction of sp³-hybridized carbons (Fsp3) is 0.382. The number of nitrogens with zero attached hydrogens (tertiary/aromatic N) is 4. The van der Waals surface area contributed by atoms with Gasteiger partial charge in [-0.3, -0.25) is 4.79 Å². The molecule has 3 aliphatic rings. The SMILES string of the molecule is COC(=O)[C@@H](NC(=O)c1cnc(C2=CCOCC2)nc1N1CC(c2ccccc2)C(c2ccc(Cl)cc2)=N1)C1CCCCC1. The second-order valence-corrected chi connectivity index (χ2v) is 11.8. The first-order chi connectivity index (χ1) is 21.5. The number of hydrazone groups is 1. The molecule has 9 nitrogen and oxygen atoms in total. The molecule has 1 fully saturated rings. The highest BCUT2D eigenvalue weighted by Crippen LogP contribution is 2.34.